The topological polar surface area (TPSA) is 86.3 Å². The number of nitrogens with one attached hydrogen (secondary N) is 2. The number of H-pyrrole nitrogens is 1. The number of likely N-dealkylation sites (tertiary alicyclic amines) is 1. The molecule has 1 aliphatic heterocycles. The summed E-state index contributed by atoms with van der Waals surface area (Å²) in [5.41, 5.74) is 4.68. The van der Waals surface area contributed by atoms with Crippen molar-refractivity contribution in [2.75, 3.05) is 13.1 Å². The van der Waals surface area contributed by atoms with Crippen molar-refractivity contribution in [1.29, 1.82) is 0 Å². The van der Waals surface area contributed by atoms with Crippen molar-refractivity contribution < 1.29 is 9.84 Å². The van der Waals surface area contributed by atoms with Crippen LogP contribution in [0.5, 0.6) is 5.75 Å². The Balaban J connectivity index is 1.02. The first kappa shape index (κ1) is 28.5. The Bertz CT molecular complexity index is 1470. The minimum Gasteiger partial charge on any atom is -0.490 e. The smallest absolute Gasteiger partial charge is 0.131 e. The van der Waals surface area contributed by atoms with Gasteiger partial charge in [-0.3, -0.25) is 15.4 Å². The molecule has 3 aliphatic rings. The van der Waals surface area contributed by atoms with E-state index in [1.807, 2.05) is 30.5 Å². The molecule has 2 aliphatic carbocycles. The van der Waals surface area contributed by atoms with Gasteiger partial charge in [0.15, 0.2) is 0 Å². The lowest BCUT2D eigenvalue weighted by atomic mass is 9.94. The van der Waals surface area contributed by atoms with Crippen LogP contribution in [0.15, 0.2) is 66.9 Å². The van der Waals surface area contributed by atoms with Gasteiger partial charge in [-0.25, -0.2) is 0 Å². The van der Waals surface area contributed by atoms with Crippen LogP contribution in [-0.2, 0) is 0 Å². The standard InChI is InChI=1S/C36H45N5O2/c1-24-9-13-28(22-24)41-20-17-30(18-21-41)43-29-14-10-26(11-15-29)34-31-23-27(12-16-32(31)39-40-34)36(42)38-35(25-6-2-3-7-25)33-8-4-5-19-37-33/h4-5,8,10-12,14-16,19,23-25,28,30,35-36,38,42H,2-3,6-7,9,13,17-18,20-22H2,1H3,(H,39,40). The number of ether oxygens (including phenoxy) is 1. The van der Waals surface area contributed by atoms with E-state index in [2.05, 4.69) is 68.7 Å². The monoisotopic (exact) mass is 579 g/mol. The van der Waals surface area contributed by atoms with Crippen molar-refractivity contribution in [2.45, 2.75) is 89.1 Å². The van der Waals surface area contributed by atoms with E-state index >= 15 is 0 Å². The summed E-state index contributed by atoms with van der Waals surface area (Å²) >= 11 is 0. The summed E-state index contributed by atoms with van der Waals surface area (Å²) in [6, 6.07) is 21.2. The molecule has 4 unspecified atom stereocenters. The Kier molecular flexibility index (Phi) is 8.46. The number of piperidine rings is 1. The Morgan fingerprint density at radius 1 is 0.953 bits per heavy atom. The average Bonchev–Trinajstić information content (AvgIpc) is 3.82. The van der Waals surface area contributed by atoms with E-state index in [1.54, 1.807) is 0 Å². The van der Waals surface area contributed by atoms with E-state index in [0.29, 0.717) is 5.92 Å². The highest BCUT2D eigenvalue weighted by Gasteiger charge is 2.31. The molecule has 4 aromatic rings. The van der Waals surface area contributed by atoms with Gasteiger partial charge in [0.2, 0.25) is 0 Å². The van der Waals surface area contributed by atoms with E-state index < -0.39 is 6.23 Å². The first-order chi connectivity index (χ1) is 21.1. The maximum atomic E-state index is 11.4. The molecule has 7 nitrogen and oxygen atoms in total. The molecule has 226 valence electrons. The van der Waals surface area contributed by atoms with Crippen molar-refractivity contribution in [3.05, 3.63) is 78.1 Å². The summed E-state index contributed by atoms with van der Waals surface area (Å²) < 4.78 is 6.41. The van der Waals surface area contributed by atoms with Gasteiger partial charge >= 0.3 is 0 Å². The van der Waals surface area contributed by atoms with E-state index in [9.17, 15) is 5.11 Å². The lowest BCUT2D eigenvalue weighted by Crippen LogP contribution is -2.43. The molecule has 3 N–H and O–H groups in total. The summed E-state index contributed by atoms with van der Waals surface area (Å²) in [6.07, 6.45) is 12.4. The minimum atomic E-state index is -0.806. The van der Waals surface area contributed by atoms with Crippen molar-refractivity contribution in [1.82, 2.24) is 25.4 Å². The predicted octanol–water partition coefficient (Wildman–Crippen LogP) is 7.17. The molecule has 7 rings (SSSR count). The zero-order valence-electron chi connectivity index (χ0n) is 25.3. The molecule has 7 heteroatoms. The third-order valence-electron chi connectivity index (χ3n) is 10.2. The van der Waals surface area contributed by atoms with E-state index in [0.717, 1.165) is 89.9 Å². The van der Waals surface area contributed by atoms with Crippen molar-refractivity contribution in [2.24, 2.45) is 11.8 Å². The minimum absolute atomic E-state index is 0.0180. The molecule has 3 heterocycles. The Morgan fingerprint density at radius 3 is 2.49 bits per heavy atom. The molecule has 2 aromatic heterocycles. The highest BCUT2D eigenvalue weighted by Crippen LogP contribution is 2.37. The number of aliphatic hydroxyl groups is 1. The molecule has 1 saturated heterocycles. The Morgan fingerprint density at radius 2 is 1.77 bits per heavy atom. The number of fused-ring (bicyclic) bond motifs is 1. The van der Waals surface area contributed by atoms with Crippen LogP contribution in [0, 0.1) is 11.8 Å². The van der Waals surface area contributed by atoms with Crippen LogP contribution in [-0.4, -0.2) is 50.4 Å². The molecular formula is C36H45N5O2. The molecule has 0 spiro atoms. The van der Waals surface area contributed by atoms with Gasteiger partial charge in [-0.2, -0.15) is 5.10 Å². The highest BCUT2D eigenvalue weighted by atomic mass is 16.5. The van der Waals surface area contributed by atoms with Crippen LogP contribution in [0.4, 0.5) is 0 Å². The van der Waals surface area contributed by atoms with Gasteiger partial charge in [-0.05, 0) is 111 Å². The van der Waals surface area contributed by atoms with Gasteiger partial charge in [0, 0.05) is 36.3 Å². The quantitative estimate of drug-likeness (QED) is 0.182. The first-order valence-electron chi connectivity index (χ1n) is 16.4. The summed E-state index contributed by atoms with van der Waals surface area (Å²) in [6.45, 7) is 4.68. The molecule has 4 atom stereocenters. The van der Waals surface area contributed by atoms with Gasteiger partial charge in [0.25, 0.3) is 0 Å². The van der Waals surface area contributed by atoms with Gasteiger partial charge in [-0.15, -0.1) is 0 Å². The second kappa shape index (κ2) is 12.8. The number of nitrogens with zero attached hydrogens (tertiary/aromatic N) is 3. The third-order valence-corrected chi connectivity index (χ3v) is 10.2. The summed E-state index contributed by atoms with van der Waals surface area (Å²) in [4.78, 5) is 7.33. The summed E-state index contributed by atoms with van der Waals surface area (Å²) in [7, 11) is 0. The fourth-order valence-corrected chi connectivity index (χ4v) is 7.75. The molecule has 0 amide bonds. The number of hydrogen-bond acceptors (Lipinski definition) is 6. The predicted molar refractivity (Wildman–Crippen MR) is 171 cm³/mol. The normalized spacial score (nSPS) is 23.6. The number of aromatic amines is 1. The number of hydrogen-bond donors (Lipinski definition) is 3. The number of benzene rings is 2. The van der Waals surface area contributed by atoms with Crippen molar-refractivity contribution in [3.63, 3.8) is 0 Å². The third kappa shape index (κ3) is 6.35. The average molecular weight is 580 g/mol. The molecule has 2 saturated carbocycles. The number of pyridine rings is 1. The largest absolute Gasteiger partial charge is 0.490 e. The van der Waals surface area contributed by atoms with Crippen LogP contribution < -0.4 is 10.1 Å². The maximum Gasteiger partial charge on any atom is 0.131 e. The van der Waals surface area contributed by atoms with E-state index in [4.69, 9.17) is 4.74 Å². The lowest BCUT2D eigenvalue weighted by molar-refractivity contribution is 0.0759. The molecule has 2 aromatic carbocycles. The molecule has 43 heavy (non-hydrogen) atoms. The fourth-order valence-electron chi connectivity index (χ4n) is 7.75. The van der Waals surface area contributed by atoms with Gasteiger partial charge in [-0.1, -0.05) is 31.9 Å². The lowest BCUT2D eigenvalue weighted by Gasteiger charge is -2.36. The zero-order chi connectivity index (χ0) is 29.2. The Labute approximate surface area is 255 Å². The van der Waals surface area contributed by atoms with Gasteiger partial charge < -0.3 is 14.7 Å². The van der Waals surface area contributed by atoms with Crippen LogP contribution in [0.1, 0.15) is 88.2 Å². The van der Waals surface area contributed by atoms with Crippen LogP contribution >= 0.6 is 0 Å². The van der Waals surface area contributed by atoms with Crippen molar-refractivity contribution >= 4 is 10.9 Å². The highest BCUT2D eigenvalue weighted by molar-refractivity contribution is 5.93. The maximum absolute atomic E-state index is 11.4. The summed E-state index contributed by atoms with van der Waals surface area (Å²) in [5.74, 6) is 2.27. The van der Waals surface area contributed by atoms with Crippen LogP contribution in [0.2, 0.25) is 0 Å². The van der Waals surface area contributed by atoms with Gasteiger partial charge in [0.05, 0.1) is 22.9 Å². The molecular weight excluding hydrogens is 534 g/mol. The number of rotatable bonds is 9. The first-order valence-corrected chi connectivity index (χ1v) is 16.4. The SMILES string of the molecule is CC1CCC(N2CCC(Oc3ccc(-c4n[nH]c5ccc(C(O)NC(c6ccccn6)C6CCCC6)cc45)cc3)CC2)C1. The molecule has 3 fully saturated rings. The van der Waals surface area contributed by atoms with E-state index in [-0.39, 0.29) is 12.1 Å². The number of aliphatic hydroxyl groups excluding tert-OH is 1. The summed E-state index contributed by atoms with van der Waals surface area (Å²) in [5, 5.41) is 23.7. The van der Waals surface area contributed by atoms with Crippen molar-refractivity contribution in [3.8, 4) is 17.0 Å². The van der Waals surface area contributed by atoms with Crippen LogP contribution in [0.25, 0.3) is 22.2 Å². The van der Waals surface area contributed by atoms with Gasteiger partial charge in [0.1, 0.15) is 18.1 Å². The Hall–Kier alpha value is -3.26. The zero-order valence-corrected chi connectivity index (χ0v) is 25.3. The second-order valence-electron chi connectivity index (χ2n) is 13.2. The molecule has 0 radical (unpaired) electrons. The molecule has 0 bridgehead atoms. The fraction of sp³-hybridized carbons (Fsp3) is 0.500. The number of aromatic nitrogens is 3. The van der Waals surface area contributed by atoms with Crippen LogP contribution in [0.3, 0.4) is 0 Å². The second-order valence-corrected chi connectivity index (χ2v) is 13.2. The van der Waals surface area contributed by atoms with E-state index in [1.165, 1.54) is 32.1 Å².